The molecule has 4 heteroatoms. The maximum absolute atomic E-state index is 5.41. The number of pyridine rings is 1. The summed E-state index contributed by atoms with van der Waals surface area (Å²) in [6.07, 6.45) is 4.34. The van der Waals surface area contributed by atoms with E-state index in [1.165, 1.54) is 18.5 Å². The first-order chi connectivity index (χ1) is 9.70. The number of aromatic nitrogens is 1. The van der Waals surface area contributed by atoms with Crippen molar-refractivity contribution >= 4 is 5.69 Å². The van der Waals surface area contributed by atoms with Crippen LogP contribution in [0.1, 0.15) is 38.4 Å². The highest BCUT2D eigenvalue weighted by molar-refractivity contribution is 5.43. The van der Waals surface area contributed by atoms with Crippen LogP contribution in [0.3, 0.4) is 0 Å². The lowest BCUT2D eigenvalue weighted by atomic mass is 10.00. The van der Waals surface area contributed by atoms with E-state index in [0.717, 1.165) is 37.9 Å². The number of rotatable bonds is 6. The van der Waals surface area contributed by atoms with Crippen molar-refractivity contribution in [1.82, 2.24) is 10.3 Å². The van der Waals surface area contributed by atoms with Gasteiger partial charge in [-0.3, -0.25) is 4.98 Å². The predicted molar refractivity (Wildman–Crippen MR) is 83.1 cm³/mol. The normalized spacial score (nSPS) is 17.9. The Morgan fingerprint density at radius 2 is 2.15 bits per heavy atom. The molecule has 0 spiro atoms. The molecule has 1 fully saturated rings. The zero-order valence-electron chi connectivity index (χ0n) is 12.9. The van der Waals surface area contributed by atoms with E-state index in [9.17, 15) is 0 Å². The largest absolute Gasteiger partial charge is 0.381 e. The zero-order valence-corrected chi connectivity index (χ0v) is 12.9. The van der Waals surface area contributed by atoms with Gasteiger partial charge in [-0.2, -0.15) is 0 Å². The van der Waals surface area contributed by atoms with Crippen LogP contribution in [0.15, 0.2) is 18.3 Å². The third kappa shape index (κ3) is 4.18. The van der Waals surface area contributed by atoms with Crippen molar-refractivity contribution in [3.63, 3.8) is 0 Å². The Morgan fingerprint density at radius 3 is 2.75 bits per heavy atom. The number of hydrogen-bond acceptors (Lipinski definition) is 4. The Hall–Kier alpha value is -1.13. The molecule has 1 aromatic rings. The van der Waals surface area contributed by atoms with Gasteiger partial charge in [-0.25, -0.2) is 0 Å². The first-order valence-corrected chi connectivity index (χ1v) is 7.69. The highest BCUT2D eigenvalue weighted by atomic mass is 16.5. The molecule has 112 valence electrons. The molecule has 1 aliphatic heterocycles. The summed E-state index contributed by atoms with van der Waals surface area (Å²) in [5, 5.41) is 3.39. The minimum atomic E-state index is 0.315. The number of hydrogen-bond donors (Lipinski definition) is 1. The van der Waals surface area contributed by atoms with E-state index in [4.69, 9.17) is 4.74 Å². The molecule has 1 aromatic heterocycles. The third-order valence-corrected chi connectivity index (χ3v) is 4.04. The summed E-state index contributed by atoms with van der Waals surface area (Å²) < 4.78 is 5.41. The second-order valence-electron chi connectivity index (χ2n) is 5.66. The Kier molecular flexibility index (Phi) is 5.80. The monoisotopic (exact) mass is 277 g/mol. The lowest BCUT2D eigenvalue weighted by molar-refractivity contribution is 0.0685. The lowest BCUT2D eigenvalue weighted by Gasteiger charge is -2.28. The Balaban J connectivity index is 1.91. The first kappa shape index (κ1) is 15.3. The average molecular weight is 277 g/mol. The van der Waals surface area contributed by atoms with Gasteiger partial charge in [0.2, 0.25) is 0 Å². The number of ether oxygens (including phenoxy) is 1. The topological polar surface area (TPSA) is 37.4 Å². The number of nitrogens with one attached hydrogen (secondary N) is 1. The maximum atomic E-state index is 5.41. The van der Waals surface area contributed by atoms with E-state index < -0.39 is 0 Å². The fourth-order valence-electron chi connectivity index (χ4n) is 2.71. The molecule has 0 radical (unpaired) electrons. The van der Waals surface area contributed by atoms with Crippen LogP contribution in [0.5, 0.6) is 0 Å². The van der Waals surface area contributed by atoms with E-state index in [0.29, 0.717) is 6.04 Å². The molecular formula is C16H27N3O. The summed E-state index contributed by atoms with van der Waals surface area (Å²) >= 11 is 0. The summed E-state index contributed by atoms with van der Waals surface area (Å²) in [6.45, 7) is 8.15. The summed E-state index contributed by atoms with van der Waals surface area (Å²) in [6, 6.07) is 4.62. The smallest absolute Gasteiger partial charge is 0.0572 e. The van der Waals surface area contributed by atoms with Gasteiger partial charge in [-0.05, 0) is 44.4 Å². The van der Waals surface area contributed by atoms with Gasteiger partial charge in [0.25, 0.3) is 0 Å². The van der Waals surface area contributed by atoms with E-state index in [1.807, 2.05) is 6.20 Å². The highest BCUT2D eigenvalue weighted by Crippen LogP contribution is 2.20. The number of nitrogens with zero attached hydrogens (tertiary/aromatic N) is 2. The summed E-state index contributed by atoms with van der Waals surface area (Å²) in [4.78, 5) is 6.89. The Morgan fingerprint density at radius 1 is 1.40 bits per heavy atom. The van der Waals surface area contributed by atoms with Crippen molar-refractivity contribution in [2.24, 2.45) is 5.92 Å². The van der Waals surface area contributed by atoms with E-state index in [-0.39, 0.29) is 0 Å². The molecule has 0 amide bonds. The van der Waals surface area contributed by atoms with Crippen LogP contribution in [-0.4, -0.2) is 38.3 Å². The Bertz CT molecular complexity index is 387. The van der Waals surface area contributed by atoms with Gasteiger partial charge in [-0.1, -0.05) is 6.92 Å². The predicted octanol–water partition coefficient (Wildman–Crippen LogP) is 2.61. The Labute approximate surface area is 122 Å². The molecule has 1 N–H and O–H groups in total. The maximum Gasteiger partial charge on any atom is 0.0572 e. The van der Waals surface area contributed by atoms with Crippen molar-refractivity contribution in [1.29, 1.82) is 0 Å². The SMILES string of the molecule is CCNC(C)c1ccc(N(C)CC2CCOCC2)cn1. The van der Waals surface area contributed by atoms with Gasteiger partial charge < -0.3 is 15.0 Å². The van der Waals surface area contributed by atoms with Gasteiger partial charge in [0.1, 0.15) is 0 Å². The van der Waals surface area contributed by atoms with Crippen LogP contribution < -0.4 is 10.2 Å². The van der Waals surface area contributed by atoms with Gasteiger partial charge in [-0.15, -0.1) is 0 Å². The van der Waals surface area contributed by atoms with E-state index >= 15 is 0 Å². The van der Waals surface area contributed by atoms with E-state index in [1.54, 1.807) is 0 Å². The molecular weight excluding hydrogens is 250 g/mol. The highest BCUT2D eigenvalue weighted by Gasteiger charge is 2.16. The minimum absolute atomic E-state index is 0.315. The van der Waals surface area contributed by atoms with Gasteiger partial charge in [0.05, 0.1) is 17.6 Å². The molecule has 0 saturated carbocycles. The minimum Gasteiger partial charge on any atom is -0.381 e. The molecule has 1 atom stereocenters. The van der Waals surface area contributed by atoms with Crippen LogP contribution in [0.2, 0.25) is 0 Å². The quantitative estimate of drug-likeness (QED) is 0.867. The molecule has 1 aliphatic rings. The first-order valence-electron chi connectivity index (χ1n) is 7.69. The van der Waals surface area contributed by atoms with Crippen LogP contribution in [-0.2, 0) is 4.74 Å². The van der Waals surface area contributed by atoms with Crippen molar-refractivity contribution in [3.8, 4) is 0 Å². The number of anilines is 1. The molecule has 0 bridgehead atoms. The van der Waals surface area contributed by atoms with Gasteiger partial charge in [0.15, 0.2) is 0 Å². The fraction of sp³-hybridized carbons (Fsp3) is 0.688. The molecule has 0 aliphatic carbocycles. The molecule has 4 nitrogen and oxygen atoms in total. The molecule has 0 aromatic carbocycles. The molecule has 2 heterocycles. The van der Waals surface area contributed by atoms with Crippen molar-refractivity contribution in [2.45, 2.75) is 32.7 Å². The van der Waals surface area contributed by atoms with Crippen molar-refractivity contribution in [3.05, 3.63) is 24.0 Å². The second kappa shape index (κ2) is 7.60. The van der Waals surface area contributed by atoms with Crippen molar-refractivity contribution in [2.75, 3.05) is 38.3 Å². The molecule has 1 unspecified atom stereocenters. The molecule has 2 rings (SSSR count). The summed E-state index contributed by atoms with van der Waals surface area (Å²) in [5.74, 6) is 0.745. The van der Waals surface area contributed by atoms with Crippen LogP contribution in [0, 0.1) is 5.92 Å². The van der Waals surface area contributed by atoms with Gasteiger partial charge >= 0.3 is 0 Å². The second-order valence-corrected chi connectivity index (χ2v) is 5.66. The van der Waals surface area contributed by atoms with E-state index in [2.05, 4.69) is 48.2 Å². The van der Waals surface area contributed by atoms with Crippen LogP contribution in [0.25, 0.3) is 0 Å². The average Bonchev–Trinajstić information content (AvgIpc) is 2.48. The lowest BCUT2D eigenvalue weighted by Crippen LogP contribution is -2.29. The van der Waals surface area contributed by atoms with Crippen LogP contribution in [0.4, 0.5) is 5.69 Å². The third-order valence-electron chi connectivity index (χ3n) is 4.04. The van der Waals surface area contributed by atoms with Crippen molar-refractivity contribution < 1.29 is 4.74 Å². The zero-order chi connectivity index (χ0) is 14.4. The summed E-state index contributed by atoms with van der Waals surface area (Å²) in [7, 11) is 2.15. The fourth-order valence-corrected chi connectivity index (χ4v) is 2.71. The standard InChI is InChI=1S/C16H27N3O/c1-4-17-13(2)16-6-5-15(11-18-16)19(3)12-14-7-9-20-10-8-14/h5-6,11,13-14,17H,4,7-10,12H2,1-3H3. The van der Waals surface area contributed by atoms with Gasteiger partial charge in [0, 0.05) is 32.8 Å². The molecule has 1 saturated heterocycles. The summed E-state index contributed by atoms with van der Waals surface area (Å²) in [5.41, 5.74) is 2.30. The molecule has 20 heavy (non-hydrogen) atoms. The van der Waals surface area contributed by atoms with Crippen LogP contribution >= 0.6 is 0 Å².